The first-order valence-electron chi connectivity index (χ1n) is 3.47. The molecule has 0 fully saturated rings. The third-order valence-electron chi connectivity index (χ3n) is 1.67. The largest absolute Gasteiger partial charge is 0.419 e. The zero-order valence-electron chi connectivity index (χ0n) is 6.30. The minimum absolute atomic E-state index is 0.128. The highest BCUT2D eigenvalue weighted by Gasteiger charge is 2.05. The lowest BCUT2D eigenvalue weighted by atomic mass is 10.2. The van der Waals surface area contributed by atoms with Gasteiger partial charge >= 0.3 is 5.63 Å². The molecule has 65 valence electrons. The molecule has 1 radical (unpaired) electrons. The van der Waals surface area contributed by atoms with Crippen LogP contribution in [-0.4, -0.2) is 0 Å². The van der Waals surface area contributed by atoms with Crippen LogP contribution in [0.1, 0.15) is 0 Å². The fraction of sp³-hybridized carbons (Fsp3) is 0. The van der Waals surface area contributed by atoms with Crippen LogP contribution in [0.25, 0.3) is 10.8 Å². The van der Waals surface area contributed by atoms with Gasteiger partial charge in [-0.1, -0.05) is 11.6 Å². The third-order valence-corrected chi connectivity index (χ3v) is 1.98. The summed E-state index contributed by atoms with van der Waals surface area (Å²) >= 11 is 5.69. The number of benzene rings is 1. The van der Waals surface area contributed by atoms with Crippen molar-refractivity contribution in [2.24, 2.45) is 0 Å². The second kappa shape index (κ2) is 2.85. The molecule has 1 aromatic carbocycles. The molecule has 2 nitrogen and oxygen atoms in total. The van der Waals surface area contributed by atoms with E-state index in [1.165, 1.54) is 6.07 Å². The Morgan fingerprint density at radius 1 is 1.38 bits per heavy atom. The molecule has 0 saturated carbocycles. The van der Waals surface area contributed by atoms with Crippen molar-refractivity contribution in [3.8, 4) is 0 Å². The Kier molecular flexibility index (Phi) is 1.81. The fourth-order valence-electron chi connectivity index (χ4n) is 1.10. The number of fused-ring (bicyclic) bond motifs is 1. The summed E-state index contributed by atoms with van der Waals surface area (Å²) < 4.78 is 17.2. The number of hydrogen-bond donors (Lipinski definition) is 0. The Morgan fingerprint density at radius 2 is 2.15 bits per heavy atom. The van der Waals surface area contributed by atoms with E-state index in [4.69, 9.17) is 11.6 Å². The molecule has 0 amide bonds. The van der Waals surface area contributed by atoms with Crippen LogP contribution in [0.3, 0.4) is 0 Å². The highest BCUT2D eigenvalue weighted by Crippen LogP contribution is 2.21. The van der Waals surface area contributed by atoms with Gasteiger partial charge < -0.3 is 4.42 Å². The van der Waals surface area contributed by atoms with E-state index >= 15 is 0 Å². The van der Waals surface area contributed by atoms with Gasteiger partial charge in [-0.3, -0.25) is 0 Å². The molecule has 0 aliphatic carbocycles. The summed E-state index contributed by atoms with van der Waals surface area (Å²) in [6.07, 6.45) is 2.27. The zero-order chi connectivity index (χ0) is 9.42. The predicted molar refractivity (Wildman–Crippen MR) is 46.3 cm³/mol. The molecule has 4 heteroatoms. The van der Waals surface area contributed by atoms with Crippen LogP contribution in [0.15, 0.2) is 27.4 Å². The van der Waals surface area contributed by atoms with Gasteiger partial charge in [0.15, 0.2) is 6.26 Å². The fourth-order valence-corrected chi connectivity index (χ4v) is 1.36. The van der Waals surface area contributed by atoms with Gasteiger partial charge in [0.2, 0.25) is 0 Å². The van der Waals surface area contributed by atoms with E-state index in [2.05, 4.69) is 10.7 Å². The van der Waals surface area contributed by atoms with E-state index in [-0.39, 0.29) is 10.4 Å². The number of halogens is 2. The van der Waals surface area contributed by atoms with Gasteiger partial charge in [-0.25, -0.2) is 9.18 Å². The van der Waals surface area contributed by atoms with E-state index in [0.717, 1.165) is 12.1 Å². The lowest BCUT2D eigenvalue weighted by molar-refractivity contribution is 0.510. The Labute approximate surface area is 77.5 Å². The average molecular weight is 198 g/mol. The molecule has 2 rings (SSSR count). The van der Waals surface area contributed by atoms with E-state index < -0.39 is 11.4 Å². The topological polar surface area (TPSA) is 30.2 Å². The maximum Gasteiger partial charge on any atom is 0.344 e. The minimum Gasteiger partial charge on any atom is -0.419 e. The number of hydrogen-bond acceptors (Lipinski definition) is 2. The number of rotatable bonds is 0. The van der Waals surface area contributed by atoms with Crippen LogP contribution < -0.4 is 5.63 Å². The quantitative estimate of drug-likeness (QED) is 0.649. The molecule has 0 atom stereocenters. The Bertz CT molecular complexity index is 518. The van der Waals surface area contributed by atoms with Crippen LogP contribution in [0.2, 0.25) is 5.02 Å². The van der Waals surface area contributed by atoms with Crippen molar-refractivity contribution in [2.45, 2.75) is 0 Å². The summed E-state index contributed by atoms with van der Waals surface area (Å²) in [5.74, 6) is -0.559. The van der Waals surface area contributed by atoms with Gasteiger partial charge in [0.1, 0.15) is 5.82 Å². The molecule has 0 saturated heterocycles. The second-order valence-electron chi connectivity index (χ2n) is 2.50. The van der Waals surface area contributed by atoms with Crippen molar-refractivity contribution in [1.82, 2.24) is 0 Å². The summed E-state index contributed by atoms with van der Waals surface area (Å²) in [6.45, 7) is 0. The van der Waals surface area contributed by atoms with E-state index in [0.29, 0.717) is 5.39 Å². The molecule has 2 aromatic rings. The molecule has 0 N–H and O–H groups in total. The summed E-state index contributed by atoms with van der Waals surface area (Å²) in [6, 6.07) is 3.62. The first-order chi connectivity index (χ1) is 6.18. The normalized spacial score (nSPS) is 10.6. The van der Waals surface area contributed by atoms with Gasteiger partial charge in [0, 0.05) is 5.39 Å². The second-order valence-corrected chi connectivity index (χ2v) is 2.91. The maximum atomic E-state index is 12.8. The predicted octanol–water partition coefficient (Wildman–Crippen LogP) is 2.39. The molecule has 0 aliphatic heterocycles. The van der Waals surface area contributed by atoms with Gasteiger partial charge in [0.05, 0.1) is 10.4 Å². The molecule has 0 bridgehead atoms. The molecule has 13 heavy (non-hydrogen) atoms. The van der Waals surface area contributed by atoms with Crippen molar-refractivity contribution in [2.75, 3.05) is 0 Å². The molecule has 0 aliphatic rings. The first-order valence-corrected chi connectivity index (χ1v) is 3.85. The van der Waals surface area contributed by atoms with Gasteiger partial charge in [-0.2, -0.15) is 0 Å². The zero-order valence-corrected chi connectivity index (χ0v) is 7.06. The van der Waals surface area contributed by atoms with Crippen molar-refractivity contribution in [3.63, 3.8) is 0 Å². The molecule has 1 heterocycles. The standard InChI is InChI=1S/C9H3ClFO2/c10-8-4-5(11)3-7-6(8)1-2-13-9(7)12/h1,3-4H. The smallest absolute Gasteiger partial charge is 0.344 e. The minimum atomic E-state index is -0.640. The lowest BCUT2D eigenvalue weighted by Gasteiger charge is -1.97. The monoisotopic (exact) mass is 197 g/mol. The summed E-state index contributed by atoms with van der Waals surface area (Å²) in [5.41, 5.74) is -0.640. The van der Waals surface area contributed by atoms with Crippen molar-refractivity contribution >= 4 is 22.4 Å². The van der Waals surface area contributed by atoms with Crippen LogP contribution >= 0.6 is 11.6 Å². The van der Waals surface area contributed by atoms with Crippen molar-refractivity contribution in [3.05, 3.63) is 45.7 Å². The van der Waals surface area contributed by atoms with E-state index in [1.54, 1.807) is 0 Å². The van der Waals surface area contributed by atoms with Crippen molar-refractivity contribution in [1.29, 1.82) is 0 Å². The van der Waals surface area contributed by atoms with Gasteiger partial charge in [-0.05, 0) is 18.2 Å². The first kappa shape index (κ1) is 8.26. The SMILES string of the molecule is O=c1o[c]cc2c(Cl)cc(F)cc12. The van der Waals surface area contributed by atoms with Gasteiger partial charge in [-0.15, -0.1) is 0 Å². The van der Waals surface area contributed by atoms with E-state index in [1.807, 2.05) is 0 Å². The average Bonchev–Trinajstić information content (AvgIpc) is 2.07. The highest BCUT2D eigenvalue weighted by molar-refractivity contribution is 6.35. The van der Waals surface area contributed by atoms with Crippen LogP contribution in [0, 0.1) is 12.1 Å². The lowest BCUT2D eigenvalue weighted by Crippen LogP contribution is -1.98. The van der Waals surface area contributed by atoms with Crippen molar-refractivity contribution < 1.29 is 8.81 Å². The molecular weight excluding hydrogens is 195 g/mol. The van der Waals surface area contributed by atoms with Crippen LogP contribution in [-0.2, 0) is 0 Å². The Balaban J connectivity index is 3.03. The molecule has 0 spiro atoms. The summed E-state index contributed by atoms with van der Waals surface area (Å²) in [5, 5.41) is 0.752. The Hall–Kier alpha value is -1.35. The van der Waals surface area contributed by atoms with E-state index in [9.17, 15) is 9.18 Å². The summed E-state index contributed by atoms with van der Waals surface area (Å²) in [7, 11) is 0. The third kappa shape index (κ3) is 1.31. The molecule has 0 unspecified atom stereocenters. The highest BCUT2D eigenvalue weighted by atomic mass is 35.5. The van der Waals surface area contributed by atoms with Gasteiger partial charge in [0.25, 0.3) is 0 Å². The molecule has 1 aromatic heterocycles. The van der Waals surface area contributed by atoms with Crippen LogP contribution in [0.5, 0.6) is 0 Å². The summed E-state index contributed by atoms with van der Waals surface area (Å²) in [4.78, 5) is 11.1. The Morgan fingerprint density at radius 3 is 2.92 bits per heavy atom. The molecular formula is C9H3ClFO2. The van der Waals surface area contributed by atoms with Crippen LogP contribution in [0.4, 0.5) is 4.39 Å². The maximum absolute atomic E-state index is 12.8.